The SMILES string of the molecule is O=C(O)c1ccc(N2CCN(c3ncccc3C(F)(F)F)CC2)nn1. The molecule has 0 atom stereocenters. The summed E-state index contributed by atoms with van der Waals surface area (Å²) in [6, 6.07) is 5.17. The lowest BCUT2D eigenvalue weighted by Gasteiger charge is -2.36. The minimum Gasteiger partial charge on any atom is -0.476 e. The lowest BCUT2D eigenvalue weighted by Crippen LogP contribution is -2.47. The summed E-state index contributed by atoms with van der Waals surface area (Å²) >= 11 is 0. The maximum atomic E-state index is 13.1. The van der Waals surface area contributed by atoms with Gasteiger partial charge in [-0.3, -0.25) is 0 Å². The fourth-order valence-electron chi connectivity index (χ4n) is 2.63. The number of rotatable bonds is 3. The highest BCUT2D eigenvalue weighted by Crippen LogP contribution is 2.35. The van der Waals surface area contributed by atoms with Crippen molar-refractivity contribution in [3.8, 4) is 0 Å². The molecule has 0 amide bonds. The van der Waals surface area contributed by atoms with Gasteiger partial charge in [-0.1, -0.05) is 0 Å². The first kappa shape index (κ1) is 16.9. The molecular formula is C15H14F3N5O2. The van der Waals surface area contributed by atoms with E-state index in [0.29, 0.717) is 32.0 Å². The second-order valence-corrected chi connectivity index (χ2v) is 5.43. The van der Waals surface area contributed by atoms with Crippen molar-refractivity contribution in [3.63, 3.8) is 0 Å². The van der Waals surface area contributed by atoms with Gasteiger partial charge >= 0.3 is 12.1 Å². The second kappa shape index (κ2) is 6.54. The maximum Gasteiger partial charge on any atom is 0.419 e. The molecule has 25 heavy (non-hydrogen) atoms. The van der Waals surface area contributed by atoms with Crippen LogP contribution in [0.25, 0.3) is 0 Å². The highest BCUT2D eigenvalue weighted by atomic mass is 19.4. The second-order valence-electron chi connectivity index (χ2n) is 5.43. The molecule has 7 nitrogen and oxygen atoms in total. The van der Waals surface area contributed by atoms with Crippen LogP contribution in [0.4, 0.5) is 24.8 Å². The van der Waals surface area contributed by atoms with Gasteiger partial charge in [-0.05, 0) is 24.3 Å². The number of anilines is 2. The lowest BCUT2D eigenvalue weighted by molar-refractivity contribution is -0.137. The predicted octanol–water partition coefficient (Wildman–Crippen LogP) is 1.92. The molecule has 1 aliphatic rings. The molecule has 2 aromatic rings. The van der Waals surface area contributed by atoms with Crippen LogP contribution in [0.3, 0.4) is 0 Å². The van der Waals surface area contributed by atoms with Crippen LogP contribution in [0.2, 0.25) is 0 Å². The number of carbonyl (C=O) groups is 1. The van der Waals surface area contributed by atoms with E-state index in [1.165, 1.54) is 24.4 Å². The van der Waals surface area contributed by atoms with Crippen molar-refractivity contribution in [1.82, 2.24) is 15.2 Å². The van der Waals surface area contributed by atoms with Gasteiger partial charge in [0.25, 0.3) is 0 Å². The number of pyridine rings is 1. The number of carboxylic acid groups (broad SMARTS) is 1. The molecule has 2 aromatic heterocycles. The average molecular weight is 353 g/mol. The Morgan fingerprint density at radius 1 is 1.04 bits per heavy atom. The van der Waals surface area contributed by atoms with Crippen LogP contribution in [-0.2, 0) is 6.18 Å². The van der Waals surface area contributed by atoms with E-state index in [4.69, 9.17) is 5.11 Å². The van der Waals surface area contributed by atoms with E-state index in [9.17, 15) is 18.0 Å². The van der Waals surface area contributed by atoms with Crippen molar-refractivity contribution in [2.45, 2.75) is 6.18 Å². The van der Waals surface area contributed by atoms with Crippen molar-refractivity contribution < 1.29 is 23.1 Å². The van der Waals surface area contributed by atoms with Gasteiger partial charge in [-0.15, -0.1) is 10.2 Å². The number of nitrogens with zero attached hydrogens (tertiary/aromatic N) is 5. The van der Waals surface area contributed by atoms with Gasteiger partial charge in [0.05, 0.1) is 5.56 Å². The van der Waals surface area contributed by atoms with E-state index in [-0.39, 0.29) is 11.5 Å². The average Bonchev–Trinajstić information content (AvgIpc) is 2.61. The minimum atomic E-state index is -4.46. The van der Waals surface area contributed by atoms with Gasteiger partial charge in [0.15, 0.2) is 11.5 Å². The number of hydrogen-bond acceptors (Lipinski definition) is 6. The Hall–Kier alpha value is -2.91. The van der Waals surface area contributed by atoms with E-state index in [0.717, 1.165) is 6.07 Å². The van der Waals surface area contributed by atoms with Crippen molar-refractivity contribution >= 4 is 17.6 Å². The zero-order chi connectivity index (χ0) is 18.0. The Labute approximate surface area is 140 Å². The van der Waals surface area contributed by atoms with Crippen LogP contribution in [0, 0.1) is 0 Å². The van der Waals surface area contributed by atoms with Crippen LogP contribution >= 0.6 is 0 Å². The van der Waals surface area contributed by atoms with E-state index >= 15 is 0 Å². The van der Waals surface area contributed by atoms with E-state index in [2.05, 4.69) is 15.2 Å². The molecule has 1 saturated heterocycles. The third-order valence-corrected chi connectivity index (χ3v) is 3.86. The quantitative estimate of drug-likeness (QED) is 0.903. The molecule has 0 aromatic carbocycles. The predicted molar refractivity (Wildman–Crippen MR) is 82.7 cm³/mol. The van der Waals surface area contributed by atoms with Crippen molar-refractivity contribution in [2.24, 2.45) is 0 Å². The molecule has 132 valence electrons. The summed E-state index contributed by atoms with van der Waals surface area (Å²) in [7, 11) is 0. The highest BCUT2D eigenvalue weighted by molar-refractivity contribution is 5.85. The number of aromatic carboxylic acids is 1. The van der Waals surface area contributed by atoms with Crippen molar-refractivity contribution in [1.29, 1.82) is 0 Å². The Bertz CT molecular complexity index is 759. The number of carboxylic acids is 1. The van der Waals surface area contributed by atoms with Gasteiger partial charge in [0, 0.05) is 32.4 Å². The van der Waals surface area contributed by atoms with E-state index < -0.39 is 17.7 Å². The molecule has 0 saturated carbocycles. The van der Waals surface area contributed by atoms with Gasteiger partial charge in [-0.2, -0.15) is 13.2 Å². The summed E-state index contributed by atoms with van der Waals surface area (Å²) in [4.78, 5) is 18.1. The minimum absolute atomic E-state index is 0.0815. The van der Waals surface area contributed by atoms with Gasteiger partial charge < -0.3 is 14.9 Å². The summed E-state index contributed by atoms with van der Waals surface area (Å²) < 4.78 is 39.3. The van der Waals surface area contributed by atoms with Crippen LogP contribution in [0.1, 0.15) is 16.1 Å². The molecule has 0 spiro atoms. The van der Waals surface area contributed by atoms with E-state index in [1.54, 1.807) is 4.90 Å². The molecule has 3 heterocycles. The van der Waals surface area contributed by atoms with Gasteiger partial charge in [0.2, 0.25) is 0 Å². The first-order chi connectivity index (χ1) is 11.9. The Kier molecular flexibility index (Phi) is 4.43. The zero-order valence-corrected chi connectivity index (χ0v) is 12.9. The van der Waals surface area contributed by atoms with Crippen molar-refractivity contribution in [3.05, 3.63) is 41.7 Å². The van der Waals surface area contributed by atoms with Crippen LogP contribution in [0.5, 0.6) is 0 Å². The molecular weight excluding hydrogens is 339 g/mol. The number of aromatic nitrogens is 3. The summed E-state index contributed by atoms with van der Waals surface area (Å²) in [5.41, 5.74) is -0.917. The fourth-order valence-corrected chi connectivity index (χ4v) is 2.63. The lowest BCUT2D eigenvalue weighted by atomic mass is 10.2. The number of halogens is 3. The Morgan fingerprint density at radius 2 is 1.72 bits per heavy atom. The van der Waals surface area contributed by atoms with Gasteiger partial charge in [0.1, 0.15) is 5.82 Å². The summed E-state index contributed by atoms with van der Waals surface area (Å²) in [6.45, 7) is 1.52. The van der Waals surface area contributed by atoms with Gasteiger partial charge in [-0.25, -0.2) is 9.78 Å². The highest BCUT2D eigenvalue weighted by Gasteiger charge is 2.36. The third kappa shape index (κ3) is 3.62. The molecule has 0 bridgehead atoms. The summed E-state index contributed by atoms with van der Waals surface area (Å²) in [6.07, 6.45) is -3.12. The summed E-state index contributed by atoms with van der Waals surface area (Å²) in [5, 5.41) is 16.3. The topological polar surface area (TPSA) is 82.5 Å². The van der Waals surface area contributed by atoms with Crippen LogP contribution in [0.15, 0.2) is 30.5 Å². The largest absolute Gasteiger partial charge is 0.476 e. The molecule has 10 heteroatoms. The molecule has 3 rings (SSSR count). The molecule has 0 radical (unpaired) electrons. The first-order valence-electron chi connectivity index (χ1n) is 7.45. The molecule has 1 fully saturated rings. The Balaban J connectivity index is 1.71. The fraction of sp³-hybridized carbons (Fsp3) is 0.333. The molecule has 1 N–H and O–H groups in total. The van der Waals surface area contributed by atoms with E-state index in [1.807, 2.05) is 4.90 Å². The van der Waals surface area contributed by atoms with Crippen LogP contribution in [-0.4, -0.2) is 52.4 Å². The number of piperazine rings is 1. The smallest absolute Gasteiger partial charge is 0.419 e. The Morgan fingerprint density at radius 3 is 2.28 bits per heavy atom. The number of alkyl halides is 3. The standard InChI is InChI=1S/C15H14F3N5O2/c16-15(17,18)10-2-1-5-19-13(10)23-8-6-22(7-9-23)12-4-3-11(14(24)25)20-21-12/h1-5H,6-9H2,(H,24,25). The molecule has 0 unspecified atom stereocenters. The normalized spacial score (nSPS) is 15.3. The number of hydrogen-bond donors (Lipinski definition) is 1. The van der Waals surface area contributed by atoms with Crippen molar-refractivity contribution in [2.75, 3.05) is 36.0 Å². The maximum absolute atomic E-state index is 13.1. The molecule has 1 aliphatic heterocycles. The first-order valence-corrected chi connectivity index (χ1v) is 7.45. The molecule has 0 aliphatic carbocycles. The zero-order valence-electron chi connectivity index (χ0n) is 12.9. The van der Waals surface area contributed by atoms with Crippen LogP contribution < -0.4 is 9.80 Å². The summed E-state index contributed by atoms with van der Waals surface area (Å²) in [5.74, 6) is -0.762. The third-order valence-electron chi connectivity index (χ3n) is 3.86. The monoisotopic (exact) mass is 353 g/mol.